The van der Waals surface area contributed by atoms with Gasteiger partial charge >= 0.3 is 0 Å². The highest BCUT2D eigenvalue weighted by Crippen LogP contribution is 2.33. The van der Waals surface area contributed by atoms with E-state index in [0.29, 0.717) is 29.4 Å². The number of imidazole rings is 1. The molecule has 0 aliphatic carbocycles. The number of phenols is 1. The van der Waals surface area contributed by atoms with Gasteiger partial charge in [0.15, 0.2) is 11.5 Å². The van der Waals surface area contributed by atoms with E-state index in [1.54, 1.807) is 24.7 Å². The van der Waals surface area contributed by atoms with E-state index in [-0.39, 0.29) is 5.75 Å². The topological polar surface area (TPSA) is 70.2 Å². The first-order valence-electron chi connectivity index (χ1n) is 5.44. The molecule has 0 fully saturated rings. The SMILES string of the molecule is COc1cc(Cl)cc(CNCc2cnc[nH]2)c1O. The van der Waals surface area contributed by atoms with Crippen LogP contribution in [0.5, 0.6) is 11.5 Å². The van der Waals surface area contributed by atoms with Gasteiger partial charge in [0.25, 0.3) is 0 Å². The van der Waals surface area contributed by atoms with Gasteiger partial charge in [-0.1, -0.05) is 11.6 Å². The van der Waals surface area contributed by atoms with Crippen LogP contribution >= 0.6 is 11.6 Å². The second-order valence-corrected chi connectivity index (χ2v) is 4.23. The summed E-state index contributed by atoms with van der Waals surface area (Å²) >= 11 is 5.94. The number of nitrogens with zero attached hydrogens (tertiary/aromatic N) is 1. The number of rotatable bonds is 5. The number of nitrogens with one attached hydrogen (secondary N) is 2. The Kier molecular flexibility index (Phi) is 4.07. The van der Waals surface area contributed by atoms with Gasteiger partial charge in [0.2, 0.25) is 0 Å². The standard InChI is InChI=1S/C12H14ClN3O2/c1-18-11-3-9(13)2-8(12(11)17)4-14-5-10-6-15-7-16-10/h2-3,6-7,14,17H,4-5H2,1H3,(H,15,16). The quantitative estimate of drug-likeness (QED) is 0.776. The van der Waals surface area contributed by atoms with Crippen LogP contribution in [-0.4, -0.2) is 22.2 Å². The van der Waals surface area contributed by atoms with E-state index in [4.69, 9.17) is 16.3 Å². The molecule has 0 unspecified atom stereocenters. The number of H-pyrrole nitrogens is 1. The Bertz CT molecular complexity index is 514. The van der Waals surface area contributed by atoms with Crippen LogP contribution in [0, 0.1) is 0 Å². The lowest BCUT2D eigenvalue weighted by Crippen LogP contribution is -2.13. The fourth-order valence-electron chi connectivity index (χ4n) is 1.63. The van der Waals surface area contributed by atoms with Crippen molar-refractivity contribution in [2.45, 2.75) is 13.1 Å². The number of aromatic amines is 1. The molecule has 0 atom stereocenters. The van der Waals surface area contributed by atoms with E-state index in [2.05, 4.69) is 15.3 Å². The van der Waals surface area contributed by atoms with E-state index in [9.17, 15) is 5.11 Å². The number of halogens is 1. The molecule has 0 bridgehead atoms. The molecule has 0 spiro atoms. The first-order valence-corrected chi connectivity index (χ1v) is 5.82. The number of methoxy groups -OCH3 is 1. The molecule has 2 rings (SSSR count). The normalized spacial score (nSPS) is 10.6. The van der Waals surface area contributed by atoms with Gasteiger partial charge in [-0.15, -0.1) is 0 Å². The number of ether oxygens (including phenoxy) is 1. The first-order chi connectivity index (χ1) is 8.70. The Morgan fingerprint density at radius 1 is 1.44 bits per heavy atom. The minimum atomic E-state index is 0.110. The monoisotopic (exact) mass is 267 g/mol. The summed E-state index contributed by atoms with van der Waals surface area (Å²) in [5.41, 5.74) is 1.67. The van der Waals surface area contributed by atoms with Crippen molar-refractivity contribution < 1.29 is 9.84 Å². The number of benzene rings is 1. The molecule has 0 aliphatic rings. The van der Waals surface area contributed by atoms with Crippen LogP contribution in [0.3, 0.4) is 0 Å². The van der Waals surface area contributed by atoms with Gasteiger partial charge in [0, 0.05) is 41.6 Å². The Balaban J connectivity index is 2.02. The number of hydrogen-bond acceptors (Lipinski definition) is 4. The van der Waals surface area contributed by atoms with Crippen LogP contribution in [0.1, 0.15) is 11.3 Å². The largest absolute Gasteiger partial charge is 0.504 e. The van der Waals surface area contributed by atoms with Crippen molar-refractivity contribution in [3.8, 4) is 11.5 Å². The molecule has 1 aromatic carbocycles. The van der Waals surface area contributed by atoms with Gasteiger partial charge in [-0.2, -0.15) is 0 Å². The van der Waals surface area contributed by atoms with Crippen LogP contribution in [0.25, 0.3) is 0 Å². The third-order valence-electron chi connectivity index (χ3n) is 2.52. The molecule has 0 aliphatic heterocycles. The average Bonchev–Trinajstić information content (AvgIpc) is 2.86. The Labute approximate surface area is 110 Å². The highest BCUT2D eigenvalue weighted by molar-refractivity contribution is 6.30. The summed E-state index contributed by atoms with van der Waals surface area (Å²) in [6.07, 6.45) is 3.36. The molecule has 18 heavy (non-hydrogen) atoms. The van der Waals surface area contributed by atoms with E-state index in [0.717, 1.165) is 5.69 Å². The van der Waals surface area contributed by atoms with Gasteiger partial charge < -0.3 is 20.1 Å². The van der Waals surface area contributed by atoms with Crippen molar-refractivity contribution >= 4 is 11.6 Å². The molecule has 1 heterocycles. The van der Waals surface area contributed by atoms with E-state index in [1.165, 1.54) is 7.11 Å². The Morgan fingerprint density at radius 3 is 2.94 bits per heavy atom. The van der Waals surface area contributed by atoms with Gasteiger partial charge in [-0.3, -0.25) is 0 Å². The van der Waals surface area contributed by atoms with Gasteiger partial charge in [-0.05, 0) is 6.07 Å². The van der Waals surface area contributed by atoms with Gasteiger partial charge in [0.05, 0.1) is 13.4 Å². The van der Waals surface area contributed by atoms with E-state index < -0.39 is 0 Å². The fraction of sp³-hybridized carbons (Fsp3) is 0.250. The first kappa shape index (κ1) is 12.7. The zero-order valence-electron chi connectivity index (χ0n) is 9.90. The van der Waals surface area contributed by atoms with Crippen molar-refractivity contribution in [3.05, 3.63) is 40.9 Å². The lowest BCUT2D eigenvalue weighted by atomic mass is 10.2. The lowest BCUT2D eigenvalue weighted by molar-refractivity contribution is 0.369. The summed E-state index contributed by atoms with van der Waals surface area (Å²) in [4.78, 5) is 6.91. The van der Waals surface area contributed by atoms with Crippen LogP contribution in [0.15, 0.2) is 24.7 Å². The summed E-state index contributed by atoms with van der Waals surface area (Å²) in [6.45, 7) is 1.12. The smallest absolute Gasteiger partial charge is 0.162 e. The third-order valence-corrected chi connectivity index (χ3v) is 2.74. The maximum absolute atomic E-state index is 9.93. The molecule has 5 nitrogen and oxygen atoms in total. The molecule has 0 saturated carbocycles. The van der Waals surface area contributed by atoms with Crippen LogP contribution in [0.4, 0.5) is 0 Å². The van der Waals surface area contributed by atoms with Crippen LogP contribution in [0.2, 0.25) is 5.02 Å². The Hall–Kier alpha value is -1.72. The predicted molar refractivity (Wildman–Crippen MR) is 68.8 cm³/mol. The van der Waals surface area contributed by atoms with Crippen molar-refractivity contribution in [2.24, 2.45) is 0 Å². The molecule has 0 amide bonds. The average molecular weight is 268 g/mol. The minimum Gasteiger partial charge on any atom is -0.504 e. The number of aromatic hydroxyl groups is 1. The minimum absolute atomic E-state index is 0.110. The predicted octanol–water partition coefficient (Wildman–Crippen LogP) is 2.07. The summed E-state index contributed by atoms with van der Waals surface area (Å²) in [5.74, 6) is 0.486. The second kappa shape index (κ2) is 5.75. The summed E-state index contributed by atoms with van der Waals surface area (Å²) in [7, 11) is 1.49. The van der Waals surface area contributed by atoms with Crippen molar-refractivity contribution in [3.63, 3.8) is 0 Å². The number of hydrogen-bond donors (Lipinski definition) is 3. The molecule has 1 aromatic heterocycles. The zero-order chi connectivity index (χ0) is 13.0. The number of aromatic nitrogens is 2. The molecule has 2 aromatic rings. The van der Waals surface area contributed by atoms with Crippen molar-refractivity contribution in [1.82, 2.24) is 15.3 Å². The third kappa shape index (κ3) is 2.94. The van der Waals surface area contributed by atoms with E-state index >= 15 is 0 Å². The van der Waals surface area contributed by atoms with Crippen molar-refractivity contribution in [2.75, 3.05) is 7.11 Å². The maximum Gasteiger partial charge on any atom is 0.162 e. The molecule has 0 radical (unpaired) electrons. The highest BCUT2D eigenvalue weighted by Gasteiger charge is 2.09. The van der Waals surface area contributed by atoms with Crippen LogP contribution < -0.4 is 10.1 Å². The second-order valence-electron chi connectivity index (χ2n) is 3.80. The van der Waals surface area contributed by atoms with Gasteiger partial charge in [0.1, 0.15) is 0 Å². The molecule has 6 heteroatoms. The highest BCUT2D eigenvalue weighted by atomic mass is 35.5. The fourth-order valence-corrected chi connectivity index (χ4v) is 1.86. The summed E-state index contributed by atoms with van der Waals surface area (Å²) in [6, 6.07) is 3.29. The maximum atomic E-state index is 9.93. The molecular weight excluding hydrogens is 254 g/mol. The Morgan fingerprint density at radius 2 is 2.28 bits per heavy atom. The molecule has 3 N–H and O–H groups in total. The van der Waals surface area contributed by atoms with Crippen molar-refractivity contribution in [1.29, 1.82) is 0 Å². The van der Waals surface area contributed by atoms with Crippen LogP contribution in [-0.2, 0) is 13.1 Å². The zero-order valence-corrected chi connectivity index (χ0v) is 10.7. The van der Waals surface area contributed by atoms with E-state index in [1.807, 2.05) is 0 Å². The number of phenolic OH excluding ortho intramolecular Hbond substituents is 1. The lowest BCUT2D eigenvalue weighted by Gasteiger charge is -2.10. The molecule has 0 saturated heterocycles. The molecular formula is C12H14ClN3O2. The summed E-state index contributed by atoms with van der Waals surface area (Å²) in [5, 5.41) is 13.6. The van der Waals surface area contributed by atoms with Gasteiger partial charge in [-0.25, -0.2) is 4.98 Å². The molecule has 96 valence electrons. The summed E-state index contributed by atoms with van der Waals surface area (Å²) < 4.78 is 5.04.